The molecule has 6 nitrogen and oxygen atoms in total. The van der Waals surface area contributed by atoms with E-state index >= 15 is 0 Å². The van der Waals surface area contributed by atoms with E-state index < -0.39 is 23.5 Å². The Morgan fingerprint density at radius 3 is 2.55 bits per heavy atom. The number of benzene rings is 2. The summed E-state index contributed by atoms with van der Waals surface area (Å²) in [7, 11) is 1.53. The van der Waals surface area contributed by atoms with Crippen molar-refractivity contribution < 1.29 is 23.8 Å². The third-order valence-corrected chi connectivity index (χ3v) is 6.85. The van der Waals surface area contributed by atoms with Crippen molar-refractivity contribution in [3.05, 3.63) is 76.2 Å². The van der Waals surface area contributed by atoms with Crippen molar-refractivity contribution in [2.24, 2.45) is 0 Å². The number of nitrogens with zero attached hydrogens (tertiary/aromatic N) is 1. The molecule has 0 bridgehead atoms. The van der Waals surface area contributed by atoms with Crippen molar-refractivity contribution in [3.8, 4) is 5.75 Å². The summed E-state index contributed by atoms with van der Waals surface area (Å²) in [6.45, 7) is 0. The van der Waals surface area contributed by atoms with Crippen molar-refractivity contribution in [1.82, 2.24) is 4.90 Å². The molecular weight excluding hydrogens is 442 g/mol. The molecular formula is C26H24ClNO5. The maximum absolute atomic E-state index is 13.7. The molecule has 0 saturated heterocycles. The minimum Gasteiger partial charge on any atom is -0.503 e. The largest absolute Gasteiger partial charge is 0.503 e. The summed E-state index contributed by atoms with van der Waals surface area (Å²) in [5.41, 5.74) is 1.20. The second-order valence-corrected chi connectivity index (χ2v) is 8.98. The fraction of sp³-hybridized carbons (Fsp3) is 0.308. The van der Waals surface area contributed by atoms with Gasteiger partial charge in [-0.05, 0) is 42.7 Å². The average Bonchev–Trinajstić information content (AvgIpc) is 3.39. The Morgan fingerprint density at radius 1 is 1.12 bits per heavy atom. The van der Waals surface area contributed by atoms with Gasteiger partial charge in [-0.25, -0.2) is 0 Å². The molecule has 0 radical (unpaired) electrons. The first-order chi connectivity index (χ1) is 16.0. The molecule has 2 heterocycles. The van der Waals surface area contributed by atoms with Crippen LogP contribution in [0.5, 0.6) is 5.75 Å². The van der Waals surface area contributed by atoms with E-state index in [-0.39, 0.29) is 17.4 Å². The number of halogens is 1. The lowest BCUT2D eigenvalue weighted by molar-refractivity contribution is -0.132. The van der Waals surface area contributed by atoms with Crippen LogP contribution in [-0.4, -0.2) is 34.8 Å². The lowest BCUT2D eigenvalue weighted by Gasteiger charge is -2.36. The number of amides is 1. The predicted molar refractivity (Wildman–Crippen MR) is 125 cm³/mol. The van der Waals surface area contributed by atoms with E-state index in [1.807, 2.05) is 12.1 Å². The van der Waals surface area contributed by atoms with Crippen molar-refractivity contribution in [2.45, 2.75) is 44.2 Å². The van der Waals surface area contributed by atoms with E-state index in [4.69, 9.17) is 20.8 Å². The number of ketones is 1. The number of hydrogen-bond donors (Lipinski definition) is 1. The highest BCUT2D eigenvalue weighted by Gasteiger charge is 2.47. The molecule has 1 aromatic heterocycles. The van der Waals surface area contributed by atoms with Gasteiger partial charge in [-0.3, -0.25) is 9.59 Å². The molecule has 33 heavy (non-hydrogen) atoms. The van der Waals surface area contributed by atoms with E-state index in [2.05, 4.69) is 0 Å². The van der Waals surface area contributed by atoms with Crippen LogP contribution in [-0.2, 0) is 4.79 Å². The molecule has 170 valence electrons. The third kappa shape index (κ3) is 3.68. The lowest BCUT2D eigenvalue weighted by Crippen LogP contribution is -2.41. The van der Waals surface area contributed by atoms with Gasteiger partial charge in [-0.15, -0.1) is 0 Å². The van der Waals surface area contributed by atoms with Gasteiger partial charge in [-0.2, -0.15) is 0 Å². The zero-order chi connectivity index (χ0) is 23.1. The molecule has 1 amide bonds. The summed E-state index contributed by atoms with van der Waals surface area (Å²) in [4.78, 5) is 28.6. The molecule has 1 unspecified atom stereocenters. The standard InChI is InChI=1S/C26H24ClNO5/c1-32-19-9-5-6-16-14-20(33-25(16)19)23(29)21-22(15-10-12-17(27)13-11-15)28(26(31)24(21)30)18-7-3-2-4-8-18/h5-6,9-14,18,22,30H,2-4,7-8H2,1H3. The number of carbonyl (C=O) groups excluding carboxylic acids is 2. The molecule has 1 atom stereocenters. The number of rotatable bonds is 5. The minimum absolute atomic E-state index is 0.0333. The van der Waals surface area contributed by atoms with Crippen LogP contribution in [0.3, 0.4) is 0 Å². The SMILES string of the molecule is COc1cccc2cc(C(=O)C3=C(O)C(=O)N(C4CCCCC4)C3c3ccc(Cl)cc3)oc12. The van der Waals surface area contributed by atoms with Crippen LogP contribution in [0.15, 0.2) is 64.3 Å². The first-order valence-corrected chi connectivity index (χ1v) is 11.5. The Bertz CT molecular complexity index is 1250. The molecule has 5 rings (SSSR count). The van der Waals surface area contributed by atoms with Gasteiger partial charge < -0.3 is 19.2 Å². The first-order valence-electron chi connectivity index (χ1n) is 11.1. The average molecular weight is 466 g/mol. The normalized spacial score (nSPS) is 19.5. The van der Waals surface area contributed by atoms with Crippen molar-refractivity contribution >= 4 is 34.3 Å². The smallest absolute Gasteiger partial charge is 0.290 e. The summed E-state index contributed by atoms with van der Waals surface area (Å²) >= 11 is 6.09. The minimum atomic E-state index is -0.708. The number of aliphatic hydroxyl groups is 1. The number of carbonyl (C=O) groups is 2. The van der Waals surface area contributed by atoms with Crippen LogP contribution in [0, 0.1) is 0 Å². The summed E-state index contributed by atoms with van der Waals surface area (Å²) in [5.74, 6) is -0.993. The first kappa shape index (κ1) is 21.6. The Kier molecular flexibility index (Phi) is 5.62. The molecule has 1 aliphatic heterocycles. The number of ether oxygens (including phenoxy) is 1. The Hall–Kier alpha value is -3.25. The zero-order valence-corrected chi connectivity index (χ0v) is 19.0. The molecule has 1 fully saturated rings. The molecule has 1 saturated carbocycles. The van der Waals surface area contributed by atoms with Crippen LogP contribution >= 0.6 is 11.6 Å². The number of hydrogen-bond acceptors (Lipinski definition) is 5. The van der Waals surface area contributed by atoms with Crippen LogP contribution in [0.25, 0.3) is 11.0 Å². The predicted octanol–water partition coefficient (Wildman–Crippen LogP) is 6.01. The van der Waals surface area contributed by atoms with Crippen molar-refractivity contribution in [2.75, 3.05) is 7.11 Å². The van der Waals surface area contributed by atoms with Crippen LogP contribution in [0.1, 0.15) is 54.3 Å². The maximum atomic E-state index is 13.7. The highest BCUT2D eigenvalue weighted by molar-refractivity contribution is 6.30. The van der Waals surface area contributed by atoms with Gasteiger partial charge in [0.2, 0.25) is 5.78 Å². The Morgan fingerprint density at radius 2 is 1.85 bits per heavy atom. The fourth-order valence-electron chi connectivity index (χ4n) is 5.00. The maximum Gasteiger partial charge on any atom is 0.290 e. The second kappa shape index (κ2) is 8.60. The van der Waals surface area contributed by atoms with Crippen LogP contribution in [0.4, 0.5) is 0 Å². The van der Waals surface area contributed by atoms with Gasteiger partial charge in [0.25, 0.3) is 5.91 Å². The quantitative estimate of drug-likeness (QED) is 0.467. The summed E-state index contributed by atoms with van der Waals surface area (Å²) in [6.07, 6.45) is 4.82. The molecule has 1 aliphatic carbocycles. The Labute approximate surface area is 196 Å². The van der Waals surface area contributed by atoms with Gasteiger partial charge in [0.1, 0.15) is 0 Å². The molecule has 7 heteroatoms. The number of para-hydroxylation sites is 1. The molecule has 0 spiro atoms. The van der Waals surface area contributed by atoms with Gasteiger partial charge in [0, 0.05) is 16.5 Å². The lowest BCUT2D eigenvalue weighted by atomic mass is 9.90. The number of Topliss-reactive ketones (excluding diaryl/α,β-unsaturated/α-hetero) is 1. The summed E-state index contributed by atoms with van der Waals surface area (Å²) < 4.78 is 11.2. The second-order valence-electron chi connectivity index (χ2n) is 8.54. The number of fused-ring (bicyclic) bond motifs is 1. The van der Waals surface area contributed by atoms with Gasteiger partial charge in [0.05, 0.1) is 18.7 Å². The molecule has 2 aliphatic rings. The van der Waals surface area contributed by atoms with E-state index in [1.165, 1.54) is 7.11 Å². The number of methoxy groups -OCH3 is 1. The zero-order valence-electron chi connectivity index (χ0n) is 18.2. The van der Waals surface area contributed by atoms with E-state index in [1.54, 1.807) is 41.3 Å². The third-order valence-electron chi connectivity index (χ3n) is 6.59. The Balaban J connectivity index is 1.61. The van der Waals surface area contributed by atoms with Gasteiger partial charge >= 0.3 is 0 Å². The van der Waals surface area contributed by atoms with Crippen molar-refractivity contribution in [3.63, 3.8) is 0 Å². The molecule has 1 N–H and O–H groups in total. The summed E-state index contributed by atoms with van der Waals surface area (Å²) in [5, 5.41) is 12.2. The van der Waals surface area contributed by atoms with Crippen molar-refractivity contribution in [1.29, 1.82) is 0 Å². The monoisotopic (exact) mass is 465 g/mol. The van der Waals surface area contributed by atoms with E-state index in [0.717, 1.165) is 37.7 Å². The van der Waals surface area contributed by atoms with Gasteiger partial charge in [0.15, 0.2) is 22.9 Å². The highest BCUT2D eigenvalue weighted by atomic mass is 35.5. The number of aliphatic hydroxyl groups excluding tert-OH is 1. The van der Waals surface area contributed by atoms with E-state index in [9.17, 15) is 14.7 Å². The van der Waals surface area contributed by atoms with E-state index in [0.29, 0.717) is 21.7 Å². The molecule has 2 aromatic carbocycles. The van der Waals surface area contributed by atoms with Crippen LogP contribution in [0.2, 0.25) is 5.02 Å². The van der Waals surface area contributed by atoms with Gasteiger partial charge in [-0.1, -0.05) is 55.1 Å². The highest BCUT2D eigenvalue weighted by Crippen LogP contribution is 2.43. The molecule has 3 aromatic rings. The summed E-state index contributed by atoms with van der Waals surface area (Å²) in [6, 6.07) is 13.3. The van der Waals surface area contributed by atoms with Crippen LogP contribution < -0.4 is 4.74 Å². The fourth-order valence-corrected chi connectivity index (χ4v) is 5.13. The topological polar surface area (TPSA) is 80.0 Å². The number of furan rings is 1.